The molecule has 0 amide bonds. The van der Waals surface area contributed by atoms with Crippen LogP contribution in [0.15, 0.2) is 36.6 Å². The van der Waals surface area contributed by atoms with Crippen molar-refractivity contribution < 1.29 is 4.74 Å². The Labute approximate surface area is 126 Å². The molecule has 0 rings (SSSR count). The van der Waals surface area contributed by atoms with Gasteiger partial charge in [0, 0.05) is 0 Å². The summed E-state index contributed by atoms with van der Waals surface area (Å²) >= 11 is 0. The van der Waals surface area contributed by atoms with Gasteiger partial charge in [0.1, 0.15) is 7.11 Å². The molecule has 0 spiro atoms. The number of ether oxygens (including phenoxy) is 1. The quantitative estimate of drug-likeness (QED) is 0.194. The van der Waals surface area contributed by atoms with Gasteiger partial charge in [-0.05, 0) is 18.9 Å². The van der Waals surface area contributed by atoms with Crippen molar-refractivity contribution in [1.82, 2.24) is 0 Å². The van der Waals surface area contributed by atoms with Crippen LogP contribution >= 0.6 is 0 Å². The van der Waals surface area contributed by atoms with E-state index in [2.05, 4.69) is 30.9 Å². The van der Waals surface area contributed by atoms with Crippen molar-refractivity contribution in [1.29, 1.82) is 0 Å². The fraction of sp³-hybridized carbons (Fsp3) is 0.632. The second-order valence-electron chi connectivity index (χ2n) is 5.28. The Balaban J connectivity index is 3.14. The standard InChI is InChI=1S/C19H33O/c1-3-4-5-6-7-8-9-10-11-12-13-14-15-16-17-18-19-20-2/h14-19H,2-13H2,1H3/b15-14+,17-16+,19-18+. The first kappa shape index (κ1) is 19.0. The maximum atomic E-state index is 4.56. The van der Waals surface area contributed by atoms with Gasteiger partial charge in [-0.2, -0.15) is 0 Å². The lowest BCUT2D eigenvalue weighted by Crippen LogP contribution is -1.81. The smallest absolute Gasteiger partial charge is 0.121 e. The number of hydrogen-bond donors (Lipinski definition) is 0. The molecule has 1 radical (unpaired) electrons. The first-order valence-electron chi connectivity index (χ1n) is 8.31. The highest BCUT2D eigenvalue weighted by atomic mass is 16.5. The molecule has 115 valence electrons. The van der Waals surface area contributed by atoms with Gasteiger partial charge in [0.2, 0.25) is 0 Å². The van der Waals surface area contributed by atoms with Gasteiger partial charge in [0.05, 0.1) is 6.26 Å². The lowest BCUT2D eigenvalue weighted by atomic mass is 10.1. The van der Waals surface area contributed by atoms with Crippen molar-refractivity contribution in [2.45, 2.75) is 77.6 Å². The molecule has 20 heavy (non-hydrogen) atoms. The molecule has 0 aromatic rings. The van der Waals surface area contributed by atoms with Crippen molar-refractivity contribution in [2.75, 3.05) is 0 Å². The highest BCUT2D eigenvalue weighted by Gasteiger charge is 1.91. The summed E-state index contributed by atoms with van der Waals surface area (Å²) in [6, 6.07) is 0. The van der Waals surface area contributed by atoms with E-state index in [1.54, 1.807) is 6.26 Å². The van der Waals surface area contributed by atoms with E-state index < -0.39 is 0 Å². The van der Waals surface area contributed by atoms with Gasteiger partial charge in [-0.25, -0.2) is 0 Å². The fourth-order valence-electron chi connectivity index (χ4n) is 2.15. The van der Waals surface area contributed by atoms with Crippen LogP contribution in [-0.2, 0) is 4.74 Å². The number of rotatable bonds is 14. The van der Waals surface area contributed by atoms with Gasteiger partial charge < -0.3 is 4.74 Å². The molecule has 1 nitrogen and oxygen atoms in total. The molecule has 0 unspecified atom stereocenters. The van der Waals surface area contributed by atoms with Gasteiger partial charge in [0.25, 0.3) is 0 Å². The van der Waals surface area contributed by atoms with Gasteiger partial charge in [-0.15, -0.1) is 0 Å². The van der Waals surface area contributed by atoms with E-state index in [1.807, 2.05) is 18.2 Å². The predicted molar refractivity (Wildman–Crippen MR) is 90.3 cm³/mol. The molecule has 0 aromatic carbocycles. The summed E-state index contributed by atoms with van der Waals surface area (Å²) in [6.45, 7) is 2.28. The van der Waals surface area contributed by atoms with Crippen LogP contribution in [0.4, 0.5) is 0 Å². The second kappa shape index (κ2) is 18.0. The zero-order chi connectivity index (χ0) is 14.7. The van der Waals surface area contributed by atoms with Crippen molar-refractivity contribution in [2.24, 2.45) is 0 Å². The number of allylic oxidation sites excluding steroid dienone is 5. The fourth-order valence-corrected chi connectivity index (χ4v) is 2.15. The van der Waals surface area contributed by atoms with E-state index in [0.29, 0.717) is 0 Å². The van der Waals surface area contributed by atoms with E-state index in [-0.39, 0.29) is 0 Å². The lowest BCUT2D eigenvalue weighted by molar-refractivity contribution is 0.394. The molecule has 0 aliphatic heterocycles. The Morgan fingerprint density at radius 3 is 1.85 bits per heavy atom. The molecule has 0 saturated carbocycles. The van der Waals surface area contributed by atoms with Crippen LogP contribution in [0.5, 0.6) is 0 Å². The summed E-state index contributed by atoms with van der Waals surface area (Å²) in [6.07, 6.45) is 26.9. The molecular weight excluding hydrogens is 244 g/mol. The topological polar surface area (TPSA) is 9.23 Å². The maximum absolute atomic E-state index is 4.56. The van der Waals surface area contributed by atoms with Crippen LogP contribution in [0.25, 0.3) is 0 Å². The minimum atomic E-state index is 1.19. The van der Waals surface area contributed by atoms with Crippen molar-refractivity contribution >= 4 is 0 Å². The van der Waals surface area contributed by atoms with E-state index in [1.165, 1.54) is 70.6 Å². The molecule has 0 N–H and O–H groups in total. The third kappa shape index (κ3) is 17.0. The minimum Gasteiger partial charge on any atom is -0.498 e. The molecule has 0 heterocycles. The van der Waals surface area contributed by atoms with Crippen molar-refractivity contribution in [3.05, 3.63) is 43.8 Å². The largest absolute Gasteiger partial charge is 0.498 e. The van der Waals surface area contributed by atoms with E-state index >= 15 is 0 Å². The minimum absolute atomic E-state index is 1.19. The predicted octanol–water partition coefficient (Wildman–Crippen LogP) is 6.73. The van der Waals surface area contributed by atoms with E-state index in [4.69, 9.17) is 0 Å². The Kier molecular flexibility index (Phi) is 17.1. The zero-order valence-electron chi connectivity index (χ0n) is 13.4. The summed E-state index contributed by atoms with van der Waals surface area (Å²) in [4.78, 5) is 0. The average Bonchev–Trinajstić information content (AvgIpc) is 2.47. The van der Waals surface area contributed by atoms with Gasteiger partial charge in [-0.3, -0.25) is 0 Å². The van der Waals surface area contributed by atoms with Crippen molar-refractivity contribution in [3.63, 3.8) is 0 Å². The number of unbranched alkanes of at least 4 members (excludes halogenated alkanes) is 10. The maximum Gasteiger partial charge on any atom is 0.121 e. The summed E-state index contributed by atoms with van der Waals surface area (Å²) in [7, 11) is 3.25. The average molecular weight is 277 g/mol. The second-order valence-corrected chi connectivity index (χ2v) is 5.28. The lowest BCUT2D eigenvalue weighted by Gasteiger charge is -2.01. The molecular formula is C19H33O. The van der Waals surface area contributed by atoms with Gasteiger partial charge in [0.15, 0.2) is 0 Å². The van der Waals surface area contributed by atoms with Crippen LogP contribution in [0.1, 0.15) is 77.6 Å². The molecule has 0 aliphatic carbocycles. The molecule has 0 atom stereocenters. The van der Waals surface area contributed by atoms with Crippen LogP contribution in [-0.4, -0.2) is 0 Å². The highest BCUT2D eigenvalue weighted by molar-refractivity contribution is 5.09. The van der Waals surface area contributed by atoms with Crippen LogP contribution in [0.3, 0.4) is 0 Å². The van der Waals surface area contributed by atoms with Crippen LogP contribution in [0, 0.1) is 7.11 Å². The SMILES string of the molecule is [CH2]O/C=C/C=C/C=C/CCCCCCCCCCCC. The first-order valence-corrected chi connectivity index (χ1v) is 8.31. The summed E-state index contributed by atoms with van der Waals surface area (Å²) in [5, 5.41) is 0. The van der Waals surface area contributed by atoms with E-state index in [0.717, 1.165) is 0 Å². The third-order valence-electron chi connectivity index (χ3n) is 3.37. The van der Waals surface area contributed by atoms with Gasteiger partial charge >= 0.3 is 0 Å². The number of hydrogen-bond acceptors (Lipinski definition) is 1. The molecule has 0 fully saturated rings. The van der Waals surface area contributed by atoms with Crippen LogP contribution < -0.4 is 0 Å². The zero-order valence-corrected chi connectivity index (χ0v) is 13.4. The Morgan fingerprint density at radius 2 is 1.25 bits per heavy atom. The molecule has 0 saturated heterocycles. The summed E-state index contributed by atoms with van der Waals surface area (Å²) in [5.74, 6) is 0. The van der Waals surface area contributed by atoms with Gasteiger partial charge in [-0.1, -0.05) is 89.0 Å². The molecule has 0 aliphatic rings. The van der Waals surface area contributed by atoms with Crippen LogP contribution in [0.2, 0.25) is 0 Å². The summed E-state index contributed by atoms with van der Waals surface area (Å²) < 4.78 is 4.56. The summed E-state index contributed by atoms with van der Waals surface area (Å²) in [5.41, 5.74) is 0. The Hall–Kier alpha value is -0.980. The normalized spacial score (nSPS) is 12.1. The Morgan fingerprint density at radius 1 is 0.700 bits per heavy atom. The highest BCUT2D eigenvalue weighted by Crippen LogP contribution is 2.11. The monoisotopic (exact) mass is 277 g/mol. The van der Waals surface area contributed by atoms with Crippen molar-refractivity contribution in [3.8, 4) is 0 Å². The molecule has 1 heteroatoms. The molecule has 0 aromatic heterocycles. The van der Waals surface area contributed by atoms with E-state index in [9.17, 15) is 0 Å². The third-order valence-corrected chi connectivity index (χ3v) is 3.37. The Bertz CT molecular complexity index is 250. The molecule has 0 bridgehead atoms. The first-order chi connectivity index (χ1) is 9.91.